The van der Waals surface area contributed by atoms with Crippen molar-refractivity contribution in [1.82, 2.24) is 0 Å². The summed E-state index contributed by atoms with van der Waals surface area (Å²) in [6, 6.07) is 17.8. The van der Waals surface area contributed by atoms with Crippen LogP contribution in [0.1, 0.15) is 29.2 Å². The van der Waals surface area contributed by atoms with Crippen molar-refractivity contribution in [2.45, 2.75) is 6.92 Å². The molecule has 3 aromatic rings. The van der Waals surface area contributed by atoms with E-state index in [1.165, 1.54) is 6.07 Å². The average Bonchev–Trinajstić information content (AvgIpc) is 2.82. The highest BCUT2D eigenvalue weighted by Crippen LogP contribution is 2.16. The maximum atomic E-state index is 14.5. The van der Waals surface area contributed by atoms with Crippen LogP contribution in [0.4, 0.5) is 4.39 Å². The topological polar surface area (TPSA) is 52.6 Å². The van der Waals surface area contributed by atoms with Gasteiger partial charge in [0.1, 0.15) is 17.3 Å². The van der Waals surface area contributed by atoms with Gasteiger partial charge in [-0.25, -0.2) is 14.0 Å². The fraction of sp³-hybridized carbons (Fsp3) is 0.0345. The van der Waals surface area contributed by atoms with Gasteiger partial charge < -0.3 is 9.47 Å². The maximum Gasteiger partial charge on any atom is 0.338 e. The standard InChI is InChI=1S/C29H19FO4/c1-4-28(31)33-25-9-5-8-22(17-25)13-15-24-16-14-23(19-27(24)30)12-11-21-7-6-10-26(18-21)34-29(32)20(2)3/h4-10,14,16-19H,1-2H2,3H3. The Balaban J connectivity index is 1.75. The van der Waals surface area contributed by atoms with Crippen molar-refractivity contribution in [3.8, 4) is 35.2 Å². The van der Waals surface area contributed by atoms with E-state index in [0.717, 1.165) is 6.08 Å². The summed E-state index contributed by atoms with van der Waals surface area (Å²) in [6.07, 6.45) is 1.06. The Morgan fingerprint density at radius 3 is 1.94 bits per heavy atom. The number of esters is 2. The van der Waals surface area contributed by atoms with Crippen molar-refractivity contribution in [3.63, 3.8) is 0 Å². The van der Waals surface area contributed by atoms with Crippen LogP contribution in [0.15, 0.2) is 91.5 Å². The monoisotopic (exact) mass is 450 g/mol. The summed E-state index contributed by atoms with van der Waals surface area (Å²) in [7, 11) is 0. The molecular formula is C29H19FO4. The lowest BCUT2D eigenvalue weighted by Crippen LogP contribution is -2.08. The Labute approximate surface area is 197 Å². The molecule has 0 saturated heterocycles. The molecule has 3 aromatic carbocycles. The van der Waals surface area contributed by atoms with E-state index in [-0.39, 0.29) is 5.56 Å². The lowest BCUT2D eigenvalue weighted by atomic mass is 10.1. The van der Waals surface area contributed by atoms with Crippen LogP contribution < -0.4 is 9.47 Å². The Morgan fingerprint density at radius 1 is 0.824 bits per heavy atom. The third-order valence-corrected chi connectivity index (χ3v) is 4.27. The number of rotatable bonds is 4. The summed E-state index contributed by atoms with van der Waals surface area (Å²) in [6.45, 7) is 8.45. The second kappa shape index (κ2) is 11.1. The number of halogens is 1. The minimum Gasteiger partial charge on any atom is -0.423 e. The van der Waals surface area contributed by atoms with Gasteiger partial charge in [-0.2, -0.15) is 0 Å². The minimum atomic E-state index is -0.576. The molecule has 5 heteroatoms. The maximum absolute atomic E-state index is 14.5. The van der Waals surface area contributed by atoms with Crippen LogP contribution in [-0.2, 0) is 9.59 Å². The second-order valence-corrected chi connectivity index (χ2v) is 7.05. The molecule has 0 fully saturated rings. The van der Waals surface area contributed by atoms with Gasteiger partial charge in [0.05, 0.1) is 5.56 Å². The van der Waals surface area contributed by atoms with Crippen molar-refractivity contribution >= 4 is 11.9 Å². The van der Waals surface area contributed by atoms with E-state index in [1.807, 2.05) is 0 Å². The van der Waals surface area contributed by atoms with E-state index in [2.05, 4.69) is 36.8 Å². The van der Waals surface area contributed by atoms with Crippen molar-refractivity contribution in [1.29, 1.82) is 0 Å². The Bertz CT molecular complexity index is 1410. The molecule has 0 atom stereocenters. The fourth-order valence-corrected chi connectivity index (χ4v) is 2.60. The van der Waals surface area contributed by atoms with E-state index in [4.69, 9.17) is 9.47 Å². The molecule has 34 heavy (non-hydrogen) atoms. The smallest absolute Gasteiger partial charge is 0.338 e. The normalized spacial score (nSPS) is 9.47. The van der Waals surface area contributed by atoms with E-state index < -0.39 is 17.8 Å². The van der Waals surface area contributed by atoms with Crippen LogP contribution in [0.2, 0.25) is 0 Å². The van der Waals surface area contributed by atoms with Crippen LogP contribution in [0.3, 0.4) is 0 Å². The molecule has 0 unspecified atom stereocenters. The zero-order valence-corrected chi connectivity index (χ0v) is 18.4. The summed E-state index contributed by atoms with van der Waals surface area (Å²) >= 11 is 0. The molecule has 0 heterocycles. The Kier molecular flexibility index (Phi) is 7.79. The number of hydrogen-bond acceptors (Lipinski definition) is 4. The quantitative estimate of drug-likeness (QED) is 0.237. The van der Waals surface area contributed by atoms with Crippen molar-refractivity contribution in [2.24, 2.45) is 0 Å². The Morgan fingerprint density at radius 2 is 1.38 bits per heavy atom. The first-order chi connectivity index (χ1) is 16.3. The zero-order valence-electron chi connectivity index (χ0n) is 18.4. The third-order valence-electron chi connectivity index (χ3n) is 4.27. The number of carbonyl (C=O) groups is 2. The number of benzene rings is 3. The molecule has 0 spiro atoms. The van der Waals surface area contributed by atoms with Gasteiger partial charge in [-0.3, -0.25) is 0 Å². The van der Waals surface area contributed by atoms with Crippen LogP contribution in [0.5, 0.6) is 11.5 Å². The van der Waals surface area contributed by atoms with Crippen LogP contribution >= 0.6 is 0 Å². The van der Waals surface area contributed by atoms with Crippen LogP contribution in [-0.4, -0.2) is 11.9 Å². The number of ether oxygens (including phenoxy) is 2. The van der Waals surface area contributed by atoms with E-state index in [1.54, 1.807) is 67.6 Å². The molecule has 0 bridgehead atoms. The second-order valence-electron chi connectivity index (χ2n) is 7.05. The molecule has 0 aliphatic rings. The largest absolute Gasteiger partial charge is 0.423 e. The predicted octanol–water partition coefficient (Wildman–Crippen LogP) is 5.20. The van der Waals surface area contributed by atoms with E-state index in [0.29, 0.717) is 33.8 Å². The van der Waals surface area contributed by atoms with Crippen molar-refractivity contribution < 1.29 is 23.5 Å². The molecule has 0 aliphatic heterocycles. The summed E-state index contributed by atoms with van der Waals surface area (Å²) in [5, 5.41) is 0. The number of hydrogen-bond donors (Lipinski definition) is 0. The molecule has 0 radical (unpaired) electrons. The lowest BCUT2D eigenvalue weighted by molar-refractivity contribution is -0.130. The third kappa shape index (κ3) is 6.82. The fourth-order valence-electron chi connectivity index (χ4n) is 2.60. The van der Waals surface area contributed by atoms with Gasteiger partial charge in [0.2, 0.25) is 0 Å². The molecule has 0 N–H and O–H groups in total. The van der Waals surface area contributed by atoms with Gasteiger partial charge in [-0.05, 0) is 61.5 Å². The van der Waals surface area contributed by atoms with Gasteiger partial charge >= 0.3 is 11.9 Å². The molecule has 4 nitrogen and oxygen atoms in total. The predicted molar refractivity (Wildman–Crippen MR) is 128 cm³/mol. The summed E-state index contributed by atoms with van der Waals surface area (Å²) < 4.78 is 24.8. The van der Waals surface area contributed by atoms with Crippen molar-refractivity contribution in [3.05, 3.63) is 120 Å². The molecule has 166 valence electrons. The van der Waals surface area contributed by atoms with E-state index >= 15 is 0 Å². The molecule has 0 aliphatic carbocycles. The zero-order chi connectivity index (χ0) is 24.5. The number of carbonyl (C=O) groups excluding carboxylic acids is 2. The van der Waals surface area contributed by atoms with Gasteiger partial charge in [0.25, 0.3) is 0 Å². The summed E-state index contributed by atoms with van der Waals surface area (Å²) in [5.74, 6) is 10.5. The first kappa shape index (κ1) is 23.8. The highest BCUT2D eigenvalue weighted by molar-refractivity contribution is 5.88. The van der Waals surface area contributed by atoms with Gasteiger partial charge in [0.15, 0.2) is 0 Å². The van der Waals surface area contributed by atoms with Crippen LogP contribution in [0.25, 0.3) is 0 Å². The summed E-state index contributed by atoms with van der Waals surface area (Å²) in [4.78, 5) is 23.0. The summed E-state index contributed by atoms with van der Waals surface area (Å²) in [5.41, 5.74) is 2.12. The van der Waals surface area contributed by atoms with Crippen LogP contribution in [0, 0.1) is 29.5 Å². The first-order valence-electron chi connectivity index (χ1n) is 10.1. The van der Waals surface area contributed by atoms with Crippen molar-refractivity contribution in [2.75, 3.05) is 0 Å². The first-order valence-corrected chi connectivity index (χ1v) is 10.1. The van der Waals surface area contributed by atoms with Gasteiger partial charge in [-0.15, -0.1) is 0 Å². The molecule has 0 aromatic heterocycles. The molecule has 0 saturated carbocycles. The van der Waals surface area contributed by atoms with Gasteiger partial charge in [0, 0.05) is 28.3 Å². The minimum absolute atomic E-state index is 0.202. The Hall–Kier alpha value is -4.87. The SMILES string of the molecule is C=CC(=O)Oc1cccc(C#Cc2ccc(C#Cc3cccc(OC(=O)C(=C)C)c3)cc2F)c1. The molecule has 3 rings (SSSR count). The van der Waals surface area contributed by atoms with E-state index in [9.17, 15) is 14.0 Å². The molecule has 0 amide bonds. The highest BCUT2D eigenvalue weighted by atomic mass is 19.1. The van der Waals surface area contributed by atoms with Gasteiger partial charge in [-0.1, -0.05) is 49.0 Å². The average molecular weight is 450 g/mol. The molecular weight excluding hydrogens is 431 g/mol. The highest BCUT2D eigenvalue weighted by Gasteiger charge is 2.05. The lowest BCUT2D eigenvalue weighted by Gasteiger charge is -2.03.